The Labute approximate surface area is 109 Å². The third kappa shape index (κ3) is 2.61. The molecular formula is C12H13ClFN3O. The second kappa shape index (κ2) is 4.94. The number of halogens is 2. The molecule has 1 heterocycles. The van der Waals surface area contributed by atoms with Gasteiger partial charge in [-0.15, -0.1) is 0 Å². The lowest BCUT2D eigenvalue weighted by Crippen LogP contribution is -2.40. The van der Waals surface area contributed by atoms with E-state index in [1.54, 1.807) is 6.07 Å². The molecule has 1 aliphatic heterocycles. The predicted octanol–water partition coefficient (Wildman–Crippen LogP) is 2.00. The normalized spacial score (nSPS) is 18.8. The molecule has 18 heavy (non-hydrogen) atoms. The maximum absolute atomic E-state index is 13.3. The van der Waals surface area contributed by atoms with E-state index in [1.165, 1.54) is 12.1 Å². The van der Waals surface area contributed by atoms with Crippen LogP contribution < -0.4 is 10.6 Å². The first kappa shape index (κ1) is 12.8. The number of aliphatic imine (C=N–C) groups is 1. The van der Waals surface area contributed by atoms with Gasteiger partial charge in [-0.05, 0) is 31.5 Å². The Kier molecular flexibility index (Phi) is 3.52. The Morgan fingerprint density at radius 1 is 1.50 bits per heavy atom. The summed E-state index contributed by atoms with van der Waals surface area (Å²) in [5.74, 6) is -0.419. The van der Waals surface area contributed by atoms with Crippen molar-refractivity contribution in [2.24, 2.45) is 4.99 Å². The van der Waals surface area contributed by atoms with Crippen LogP contribution in [0.5, 0.6) is 0 Å². The number of carbonyl (C=O) groups excluding carboxylic acids is 1. The van der Waals surface area contributed by atoms with Crippen LogP contribution in [0.2, 0.25) is 5.02 Å². The van der Waals surface area contributed by atoms with Crippen molar-refractivity contribution in [3.05, 3.63) is 34.6 Å². The van der Waals surface area contributed by atoms with Crippen LogP contribution in [0.15, 0.2) is 23.2 Å². The van der Waals surface area contributed by atoms with E-state index in [0.717, 1.165) is 0 Å². The fourth-order valence-corrected chi connectivity index (χ4v) is 1.78. The molecule has 2 rings (SSSR count). The van der Waals surface area contributed by atoms with Gasteiger partial charge in [0.1, 0.15) is 5.82 Å². The average Bonchev–Trinajstić information content (AvgIpc) is 2.62. The van der Waals surface area contributed by atoms with Crippen LogP contribution in [-0.2, 0) is 4.79 Å². The van der Waals surface area contributed by atoms with E-state index in [1.807, 2.05) is 13.8 Å². The standard InChI is InChI=1S/C12H13ClFN3O/c1-6(2)15-12-16-10(11(18)17-12)7-3-4-8(13)9(14)5-7/h3-6,10H,1-2H3,(H2,15,16,17,18). The maximum Gasteiger partial charge on any atom is 0.256 e. The molecule has 96 valence electrons. The first-order valence-electron chi connectivity index (χ1n) is 5.57. The summed E-state index contributed by atoms with van der Waals surface area (Å²) in [5, 5.41) is 5.64. The molecule has 1 aliphatic rings. The molecule has 1 amide bonds. The third-order valence-electron chi connectivity index (χ3n) is 2.43. The maximum atomic E-state index is 13.3. The monoisotopic (exact) mass is 269 g/mol. The Morgan fingerprint density at radius 3 is 2.83 bits per heavy atom. The highest BCUT2D eigenvalue weighted by Crippen LogP contribution is 2.24. The summed E-state index contributed by atoms with van der Waals surface area (Å²) in [5.41, 5.74) is 0.481. The molecule has 0 spiro atoms. The number of amides is 1. The van der Waals surface area contributed by atoms with Crippen molar-refractivity contribution in [2.45, 2.75) is 25.9 Å². The van der Waals surface area contributed by atoms with Crippen molar-refractivity contribution >= 4 is 23.5 Å². The number of guanidine groups is 1. The molecular weight excluding hydrogens is 257 g/mol. The van der Waals surface area contributed by atoms with Crippen molar-refractivity contribution in [2.75, 3.05) is 0 Å². The van der Waals surface area contributed by atoms with E-state index in [2.05, 4.69) is 15.6 Å². The van der Waals surface area contributed by atoms with Crippen molar-refractivity contribution in [1.82, 2.24) is 10.6 Å². The molecule has 1 atom stereocenters. The molecule has 1 unspecified atom stereocenters. The van der Waals surface area contributed by atoms with Crippen molar-refractivity contribution in [3.63, 3.8) is 0 Å². The van der Waals surface area contributed by atoms with Gasteiger partial charge in [0.2, 0.25) is 0 Å². The van der Waals surface area contributed by atoms with Gasteiger partial charge in [0.05, 0.1) is 5.02 Å². The van der Waals surface area contributed by atoms with Crippen molar-refractivity contribution < 1.29 is 9.18 Å². The largest absolute Gasteiger partial charge is 0.354 e. The summed E-state index contributed by atoms with van der Waals surface area (Å²) in [7, 11) is 0. The number of nitrogens with zero attached hydrogens (tertiary/aromatic N) is 1. The Morgan fingerprint density at radius 2 is 2.22 bits per heavy atom. The summed E-state index contributed by atoms with van der Waals surface area (Å²) in [6, 6.07) is 3.68. The van der Waals surface area contributed by atoms with Gasteiger partial charge in [-0.25, -0.2) is 9.38 Å². The highest BCUT2D eigenvalue weighted by atomic mass is 35.5. The van der Waals surface area contributed by atoms with Crippen LogP contribution >= 0.6 is 11.6 Å². The van der Waals surface area contributed by atoms with Crippen LogP contribution in [0, 0.1) is 5.82 Å². The van der Waals surface area contributed by atoms with Gasteiger partial charge < -0.3 is 5.32 Å². The first-order valence-corrected chi connectivity index (χ1v) is 5.95. The van der Waals surface area contributed by atoms with Crippen molar-refractivity contribution in [1.29, 1.82) is 0 Å². The molecule has 0 radical (unpaired) electrons. The quantitative estimate of drug-likeness (QED) is 0.863. The van der Waals surface area contributed by atoms with Gasteiger partial charge >= 0.3 is 0 Å². The van der Waals surface area contributed by atoms with Gasteiger partial charge in [0.15, 0.2) is 12.0 Å². The minimum Gasteiger partial charge on any atom is -0.354 e. The molecule has 0 bridgehead atoms. The van der Waals surface area contributed by atoms with Crippen LogP contribution in [0.4, 0.5) is 4.39 Å². The molecule has 0 aromatic heterocycles. The molecule has 0 saturated heterocycles. The summed E-state index contributed by atoms with van der Waals surface area (Å²) in [4.78, 5) is 15.9. The minimum absolute atomic E-state index is 0.0293. The average molecular weight is 270 g/mol. The summed E-state index contributed by atoms with van der Waals surface area (Å²) in [6.45, 7) is 3.87. The highest BCUT2D eigenvalue weighted by molar-refractivity contribution is 6.30. The van der Waals surface area contributed by atoms with Gasteiger partial charge in [-0.3, -0.25) is 10.1 Å². The van der Waals surface area contributed by atoms with E-state index in [9.17, 15) is 9.18 Å². The second-order valence-corrected chi connectivity index (χ2v) is 4.75. The van der Waals surface area contributed by atoms with Gasteiger partial charge in [-0.2, -0.15) is 0 Å². The summed E-state index contributed by atoms with van der Waals surface area (Å²) < 4.78 is 13.3. The molecule has 0 saturated carbocycles. The number of nitrogens with one attached hydrogen (secondary N) is 2. The van der Waals surface area contributed by atoms with E-state index < -0.39 is 11.9 Å². The SMILES string of the molecule is CC(C)NC1=NC(c2ccc(Cl)c(F)c2)C(=O)N1. The highest BCUT2D eigenvalue weighted by Gasteiger charge is 2.28. The number of hydrogen-bond acceptors (Lipinski definition) is 3. The Bertz CT molecular complexity index is 516. The van der Waals surface area contributed by atoms with E-state index in [-0.39, 0.29) is 17.0 Å². The molecule has 2 N–H and O–H groups in total. The minimum atomic E-state index is -0.724. The van der Waals surface area contributed by atoms with Gasteiger partial charge in [-0.1, -0.05) is 17.7 Å². The smallest absolute Gasteiger partial charge is 0.256 e. The molecule has 1 aromatic rings. The topological polar surface area (TPSA) is 53.5 Å². The number of hydrogen-bond donors (Lipinski definition) is 2. The third-order valence-corrected chi connectivity index (χ3v) is 2.74. The molecule has 0 fully saturated rings. The van der Waals surface area contributed by atoms with Gasteiger partial charge in [0.25, 0.3) is 5.91 Å². The number of rotatable bonds is 2. The summed E-state index contributed by atoms with van der Waals surface area (Å²) in [6.07, 6.45) is 0. The van der Waals surface area contributed by atoms with Crippen LogP contribution in [-0.4, -0.2) is 17.9 Å². The van der Waals surface area contributed by atoms with Crippen LogP contribution in [0.25, 0.3) is 0 Å². The Hall–Kier alpha value is -1.62. The van der Waals surface area contributed by atoms with Crippen molar-refractivity contribution in [3.8, 4) is 0 Å². The van der Waals surface area contributed by atoms with Gasteiger partial charge in [0, 0.05) is 6.04 Å². The fraction of sp³-hybridized carbons (Fsp3) is 0.333. The van der Waals surface area contributed by atoms with Crippen LogP contribution in [0.3, 0.4) is 0 Å². The van der Waals surface area contributed by atoms with E-state index in [0.29, 0.717) is 11.5 Å². The Balaban J connectivity index is 2.24. The number of carbonyl (C=O) groups is 1. The fourth-order valence-electron chi connectivity index (χ4n) is 1.66. The summed E-state index contributed by atoms with van der Waals surface area (Å²) >= 11 is 5.60. The zero-order chi connectivity index (χ0) is 13.3. The molecule has 6 heteroatoms. The lowest BCUT2D eigenvalue weighted by Gasteiger charge is -2.07. The molecule has 0 aliphatic carbocycles. The van der Waals surface area contributed by atoms with Crippen LogP contribution in [0.1, 0.15) is 25.5 Å². The number of benzene rings is 1. The first-order chi connectivity index (χ1) is 8.47. The zero-order valence-electron chi connectivity index (χ0n) is 10.00. The zero-order valence-corrected chi connectivity index (χ0v) is 10.8. The second-order valence-electron chi connectivity index (χ2n) is 4.34. The van der Waals surface area contributed by atoms with E-state index >= 15 is 0 Å². The molecule has 4 nitrogen and oxygen atoms in total. The molecule has 1 aromatic carbocycles. The van der Waals surface area contributed by atoms with E-state index in [4.69, 9.17) is 11.6 Å². The predicted molar refractivity (Wildman–Crippen MR) is 68.0 cm³/mol. The lowest BCUT2D eigenvalue weighted by atomic mass is 10.1. The lowest BCUT2D eigenvalue weighted by molar-refractivity contribution is -0.120.